The SMILES string of the molecule is CCCN(C(=O)c1cnccn1)C1CNC1. The van der Waals surface area contributed by atoms with E-state index in [0.717, 1.165) is 26.1 Å². The predicted octanol–water partition coefficient (Wildman–Crippen LogP) is 0.301. The largest absolute Gasteiger partial charge is 0.332 e. The number of hydrogen-bond acceptors (Lipinski definition) is 4. The van der Waals surface area contributed by atoms with Gasteiger partial charge >= 0.3 is 0 Å². The Morgan fingerprint density at radius 3 is 2.88 bits per heavy atom. The van der Waals surface area contributed by atoms with Gasteiger partial charge in [0.25, 0.3) is 5.91 Å². The molecular weight excluding hydrogens is 204 g/mol. The number of carbonyl (C=O) groups is 1. The van der Waals surface area contributed by atoms with Gasteiger partial charge in [0.2, 0.25) is 0 Å². The van der Waals surface area contributed by atoms with Crippen LogP contribution in [0.15, 0.2) is 18.6 Å². The van der Waals surface area contributed by atoms with Crippen molar-refractivity contribution < 1.29 is 4.79 Å². The van der Waals surface area contributed by atoms with Crippen LogP contribution in [0.4, 0.5) is 0 Å². The minimum atomic E-state index is -0.0125. The van der Waals surface area contributed by atoms with Crippen LogP contribution in [0.1, 0.15) is 23.8 Å². The first kappa shape index (κ1) is 11.0. The summed E-state index contributed by atoms with van der Waals surface area (Å²) < 4.78 is 0. The van der Waals surface area contributed by atoms with Gasteiger partial charge in [-0.05, 0) is 6.42 Å². The fourth-order valence-electron chi connectivity index (χ4n) is 1.74. The van der Waals surface area contributed by atoms with E-state index in [1.165, 1.54) is 6.20 Å². The molecule has 0 aromatic carbocycles. The highest BCUT2D eigenvalue weighted by Gasteiger charge is 2.29. The summed E-state index contributed by atoms with van der Waals surface area (Å²) >= 11 is 0. The van der Waals surface area contributed by atoms with E-state index in [9.17, 15) is 4.79 Å². The molecule has 1 N–H and O–H groups in total. The maximum Gasteiger partial charge on any atom is 0.274 e. The third-order valence-electron chi connectivity index (χ3n) is 2.71. The number of nitrogens with one attached hydrogen (secondary N) is 1. The average molecular weight is 220 g/mol. The highest BCUT2D eigenvalue weighted by atomic mass is 16.2. The molecule has 1 aliphatic heterocycles. The quantitative estimate of drug-likeness (QED) is 0.793. The number of nitrogens with zero attached hydrogens (tertiary/aromatic N) is 3. The summed E-state index contributed by atoms with van der Waals surface area (Å²) in [6.45, 7) is 4.61. The van der Waals surface area contributed by atoms with Crippen LogP contribution in [0.5, 0.6) is 0 Å². The molecule has 2 rings (SSSR count). The summed E-state index contributed by atoms with van der Waals surface area (Å²) in [4.78, 5) is 22.0. The fraction of sp³-hybridized carbons (Fsp3) is 0.545. The molecule has 0 aliphatic carbocycles. The van der Waals surface area contributed by atoms with Gasteiger partial charge in [-0.2, -0.15) is 0 Å². The molecule has 0 radical (unpaired) electrons. The van der Waals surface area contributed by atoms with Crippen molar-refractivity contribution in [1.29, 1.82) is 0 Å². The van der Waals surface area contributed by atoms with Crippen molar-refractivity contribution in [2.24, 2.45) is 0 Å². The van der Waals surface area contributed by atoms with Gasteiger partial charge in [0, 0.05) is 32.0 Å². The van der Waals surface area contributed by atoms with Crippen molar-refractivity contribution in [2.75, 3.05) is 19.6 Å². The molecule has 1 fully saturated rings. The van der Waals surface area contributed by atoms with Crippen LogP contribution in [0.3, 0.4) is 0 Å². The smallest absolute Gasteiger partial charge is 0.274 e. The summed E-state index contributed by atoms with van der Waals surface area (Å²) in [5.74, 6) is -0.0125. The summed E-state index contributed by atoms with van der Waals surface area (Å²) in [5.41, 5.74) is 0.433. The maximum absolute atomic E-state index is 12.2. The number of rotatable bonds is 4. The molecule has 1 aromatic rings. The summed E-state index contributed by atoms with van der Waals surface area (Å²) in [6, 6.07) is 0.314. The normalized spacial score (nSPS) is 15.6. The van der Waals surface area contributed by atoms with Gasteiger partial charge in [-0.25, -0.2) is 4.98 Å². The number of hydrogen-bond donors (Lipinski definition) is 1. The lowest BCUT2D eigenvalue weighted by atomic mass is 10.1. The van der Waals surface area contributed by atoms with Gasteiger partial charge in [-0.1, -0.05) is 6.92 Å². The Bertz CT molecular complexity index is 350. The van der Waals surface area contributed by atoms with Crippen LogP contribution in [0.25, 0.3) is 0 Å². The Labute approximate surface area is 94.9 Å². The van der Waals surface area contributed by atoms with E-state index < -0.39 is 0 Å². The first-order valence-electron chi connectivity index (χ1n) is 5.60. The van der Waals surface area contributed by atoms with Crippen LogP contribution in [-0.4, -0.2) is 46.5 Å². The van der Waals surface area contributed by atoms with Crippen molar-refractivity contribution >= 4 is 5.91 Å². The standard InChI is InChI=1S/C11H16N4O/c1-2-5-15(9-6-13-7-9)11(16)10-8-12-3-4-14-10/h3-4,8-9,13H,2,5-7H2,1H3. The third-order valence-corrected chi connectivity index (χ3v) is 2.71. The van der Waals surface area contributed by atoms with Crippen LogP contribution in [0, 0.1) is 0 Å². The molecule has 5 heteroatoms. The predicted molar refractivity (Wildman–Crippen MR) is 60.0 cm³/mol. The van der Waals surface area contributed by atoms with Gasteiger partial charge in [-0.15, -0.1) is 0 Å². The zero-order valence-electron chi connectivity index (χ0n) is 9.39. The first-order valence-corrected chi connectivity index (χ1v) is 5.60. The lowest BCUT2D eigenvalue weighted by Crippen LogP contribution is -2.59. The third kappa shape index (κ3) is 2.19. The first-order chi connectivity index (χ1) is 7.83. The monoisotopic (exact) mass is 220 g/mol. The van der Waals surface area contributed by atoms with E-state index in [1.807, 2.05) is 4.90 Å². The molecular formula is C11H16N4O. The molecule has 0 saturated carbocycles. The summed E-state index contributed by atoms with van der Waals surface area (Å²) in [7, 11) is 0. The molecule has 0 spiro atoms. The van der Waals surface area contributed by atoms with Crippen molar-refractivity contribution in [2.45, 2.75) is 19.4 Å². The van der Waals surface area contributed by atoms with Crippen LogP contribution in [0.2, 0.25) is 0 Å². The molecule has 1 saturated heterocycles. The molecule has 86 valence electrons. The molecule has 2 heterocycles. The topological polar surface area (TPSA) is 58.1 Å². The minimum absolute atomic E-state index is 0.0125. The Hall–Kier alpha value is -1.49. The van der Waals surface area contributed by atoms with E-state index in [0.29, 0.717) is 11.7 Å². The Morgan fingerprint density at radius 2 is 2.38 bits per heavy atom. The van der Waals surface area contributed by atoms with Crippen molar-refractivity contribution in [3.05, 3.63) is 24.3 Å². The molecule has 1 amide bonds. The zero-order valence-corrected chi connectivity index (χ0v) is 9.39. The Kier molecular flexibility index (Phi) is 3.46. The second kappa shape index (κ2) is 5.03. The van der Waals surface area contributed by atoms with Gasteiger partial charge in [0.1, 0.15) is 5.69 Å². The van der Waals surface area contributed by atoms with Crippen molar-refractivity contribution in [1.82, 2.24) is 20.2 Å². The van der Waals surface area contributed by atoms with Gasteiger partial charge in [-0.3, -0.25) is 9.78 Å². The molecule has 16 heavy (non-hydrogen) atoms. The highest BCUT2D eigenvalue weighted by Crippen LogP contribution is 2.10. The van der Waals surface area contributed by atoms with E-state index in [-0.39, 0.29) is 5.91 Å². The summed E-state index contributed by atoms with van der Waals surface area (Å²) in [5, 5.41) is 3.18. The molecule has 1 aliphatic rings. The van der Waals surface area contributed by atoms with Gasteiger partial charge in [0.15, 0.2) is 0 Å². The van der Waals surface area contributed by atoms with Crippen molar-refractivity contribution in [3.8, 4) is 0 Å². The number of amides is 1. The van der Waals surface area contributed by atoms with Gasteiger partial charge < -0.3 is 10.2 Å². The molecule has 0 atom stereocenters. The van der Waals surface area contributed by atoms with Crippen LogP contribution >= 0.6 is 0 Å². The Balaban J connectivity index is 2.10. The van der Waals surface area contributed by atoms with E-state index in [1.54, 1.807) is 12.4 Å². The Morgan fingerprint density at radius 1 is 1.56 bits per heavy atom. The molecule has 1 aromatic heterocycles. The number of carbonyl (C=O) groups excluding carboxylic acids is 1. The fourth-order valence-corrected chi connectivity index (χ4v) is 1.74. The lowest BCUT2D eigenvalue weighted by Gasteiger charge is -2.37. The van der Waals surface area contributed by atoms with Crippen molar-refractivity contribution in [3.63, 3.8) is 0 Å². The number of aromatic nitrogens is 2. The highest BCUT2D eigenvalue weighted by molar-refractivity contribution is 5.92. The molecule has 5 nitrogen and oxygen atoms in total. The van der Waals surface area contributed by atoms with Crippen LogP contribution < -0.4 is 5.32 Å². The second-order valence-electron chi connectivity index (χ2n) is 3.90. The average Bonchev–Trinajstić information content (AvgIpc) is 2.26. The molecule has 0 unspecified atom stereocenters. The zero-order chi connectivity index (χ0) is 11.4. The molecule has 0 bridgehead atoms. The van der Waals surface area contributed by atoms with Crippen LogP contribution in [-0.2, 0) is 0 Å². The minimum Gasteiger partial charge on any atom is -0.332 e. The van der Waals surface area contributed by atoms with E-state index in [4.69, 9.17) is 0 Å². The van der Waals surface area contributed by atoms with Gasteiger partial charge in [0.05, 0.1) is 12.2 Å². The summed E-state index contributed by atoms with van der Waals surface area (Å²) in [6.07, 6.45) is 5.61. The van der Waals surface area contributed by atoms with E-state index in [2.05, 4.69) is 22.2 Å². The maximum atomic E-state index is 12.2. The van der Waals surface area contributed by atoms with E-state index >= 15 is 0 Å². The lowest BCUT2D eigenvalue weighted by molar-refractivity contribution is 0.0609. The second-order valence-corrected chi connectivity index (χ2v) is 3.90.